The van der Waals surface area contributed by atoms with Crippen LogP contribution in [-0.2, 0) is 9.47 Å². The van der Waals surface area contributed by atoms with Gasteiger partial charge in [-0.2, -0.15) is 0 Å². The fourth-order valence-electron chi connectivity index (χ4n) is 4.27. The summed E-state index contributed by atoms with van der Waals surface area (Å²) in [5.41, 5.74) is 0. The lowest BCUT2D eigenvalue weighted by Crippen LogP contribution is -2.50. The summed E-state index contributed by atoms with van der Waals surface area (Å²) in [6, 6.07) is 1.46. The SMILES string of the molecule is CC.COC1CC(OC2CCC(N(C)C3CCN(N)CC3)CC2)C1. The van der Waals surface area contributed by atoms with E-state index in [4.69, 9.17) is 15.3 Å². The molecule has 5 nitrogen and oxygen atoms in total. The third-order valence-electron chi connectivity index (χ3n) is 6.06. The molecular weight excluding hydrogens is 302 g/mol. The average molecular weight is 342 g/mol. The number of rotatable bonds is 5. The molecule has 2 saturated carbocycles. The maximum atomic E-state index is 6.23. The van der Waals surface area contributed by atoms with Crippen LogP contribution in [-0.4, -0.2) is 67.6 Å². The van der Waals surface area contributed by atoms with Gasteiger partial charge in [0, 0.05) is 32.3 Å². The first kappa shape index (κ1) is 20.1. The number of nitrogens with two attached hydrogens (primary N) is 1. The van der Waals surface area contributed by atoms with E-state index in [1.54, 1.807) is 7.11 Å². The largest absolute Gasteiger partial charge is 0.381 e. The summed E-state index contributed by atoms with van der Waals surface area (Å²) in [4.78, 5) is 2.63. The molecule has 0 bridgehead atoms. The highest BCUT2D eigenvalue weighted by atomic mass is 16.5. The summed E-state index contributed by atoms with van der Waals surface area (Å²) in [6.07, 6.45) is 11.0. The Morgan fingerprint density at radius 3 is 1.92 bits per heavy atom. The number of ether oxygens (including phenoxy) is 2. The van der Waals surface area contributed by atoms with Gasteiger partial charge in [0.25, 0.3) is 0 Å². The summed E-state index contributed by atoms with van der Waals surface area (Å²) in [5, 5.41) is 1.96. The van der Waals surface area contributed by atoms with Crippen LogP contribution < -0.4 is 5.84 Å². The maximum absolute atomic E-state index is 6.23. The number of methoxy groups -OCH3 is 1. The van der Waals surface area contributed by atoms with E-state index in [-0.39, 0.29) is 0 Å². The molecule has 5 heteroatoms. The predicted octanol–water partition coefficient (Wildman–Crippen LogP) is 2.79. The first-order chi connectivity index (χ1) is 11.7. The van der Waals surface area contributed by atoms with Crippen LogP contribution in [0.2, 0.25) is 0 Å². The second-order valence-electron chi connectivity index (χ2n) is 7.45. The van der Waals surface area contributed by atoms with Gasteiger partial charge in [0.2, 0.25) is 0 Å². The minimum absolute atomic E-state index is 0.445. The van der Waals surface area contributed by atoms with Gasteiger partial charge in [0.1, 0.15) is 0 Å². The Hall–Kier alpha value is -0.200. The summed E-state index contributed by atoms with van der Waals surface area (Å²) >= 11 is 0. The number of nitrogens with zero attached hydrogens (tertiary/aromatic N) is 2. The monoisotopic (exact) mass is 341 g/mol. The minimum Gasteiger partial charge on any atom is -0.381 e. The molecule has 2 aliphatic carbocycles. The highest BCUT2D eigenvalue weighted by Gasteiger charge is 2.34. The molecule has 24 heavy (non-hydrogen) atoms. The molecule has 1 saturated heterocycles. The molecule has 1 heterocycles. The Kier molecular flexibility index (Phi) is 8.44. The van der Waals surface area contributed by atoms with Crippen molar-refractivity contribution in [3.05, 3.63) is 0 Å². The van der Waals surface area contributed by atoms with Gasteiger partial charge in [0.15, 0.2) is 0 Å². The van der Waals surface area contributed by atoms with Crippen LogP contribution in [0, 0.1) is 0 Å². The van der Waals surface area contributed by atoms with Crippen molar-refractivity contribution < 1.29 is 9.47 Å². The third-order valence-corrected chi connectivity index (χ3v) is 6.06. The van der Waals surface area contributed by atoms with Crippen molar-refractivity contribution in [3.8, 4) is 0 Å². The van der Waals surface area contributed by atoms with Gasteiger partial charge in [-0.05, 0) is 58.4 Å². The zero-order chi connectivity index (χ0) is 17.5. The van der Waals surface area contributed by atoms with Crippen LogP contribution in [0.3, 0.4) is 0 Å². The molecule has 0 unspecified atom stereocenters. The van der Waals surface area contributed by atoms with E-state index in [0.717, 1.165) is 38.0 Å². The van der Waals surface area contributed by atoms with E-state index >= 15 is 0 Å². The average Bonchev–Trinajstić information content (AvgIpc) is 2.60. The Labute approximate surface area is 148 Å². The quantitative estimate of drug-likeness (QED) is 0.779. The number of hydrogen-bond acceptors (Lipinski definition) is 5. The summed E-state index contributed by atoms with van der Waals surface area (Å²) in [6.45, 7) is 6.08. The van der Waals surface area contributed by atoms with Crippen LogP contribution in [0.15, 0.2) is 0 Å². The number of piperidine rings is 1. The fourth-order valence-corrected chi connectivity index (χ4v) is 4.27. The first-order valence-corrected chi connectivity index (χ1v) is 10.1. The standard InChI is InChI=1S/C17H33N3O2.C2H6/c1-19(14-7-9-20(18)10-8-14)13-3-5-15(6-4-13)22-17-11-16(12-17)21-2;1-2/h13-17H,3-12,18H2,1-2H3;1-2H3. The maximum Gasteiger partial charge on any atom is 0.0628 e. The van der Waals surface area contributed by atoms with Crippen LogP contribution >= 0.6 is 0 Å². The van der Waals surface area contributed by atoms with Gasteiger partial charge < -0.3 is 14.4 Å². The highest BCUT2D eigenvalue weighted by molar-refractivity contribution is 4.87. The molecular formula is C19H39N3O2. The van der Waals surface area contributed by atoms with Gasteiger partial charge in [-0.1, -0.05) is 13.8 Å². The Bertz CT molecular complexity index is 334. The molecule has 2 N–H and O–H groups in total. The van der Waals surface area contributed by atoms with Gasteiger partial charge in [-0.25, -0.2) is 5.01 Å². The van der Waals surface area contributed by atoms with Crippen LogP contribution in [0.1, 0.15) is 65.2 Å². The lowest BCUT2D eigenvalue weighted by atomic mass is 9.88. The van der Waals surface area contributed by atoms with E-state index < -0.39 is 0 Å². The zero-order valence-corrected chi connectivity index (χ0v) is 16.2. The van der Waals surface area contributed by atoms with Crippen molar-refractivity contribution in [2.45, 2.75) is 95.6 Å². The molecule has 3 aliphatic rings. The molecule has 0 aromatic heterocycles. The van der Waals surface area contributed by atoms with Crippen LogP contribution in [0.5, 0.6) is 0 Å². The van der Waals surface area contributed by atoms with Crippen molar-refractivity contribution in [3.63, 3.8) is 0 Å². The highest BCUT2D eigenvalue weighted by Crippen LogP contribution is 2.32. The number of hydrazine groups is 1. The first-order valence-electron chi connectivity index (χ1n) is 10.1. The molecule has 0 aromatic rings. The van der Waals surface area contributed by atoms with E-state index in [0.29, 0.717) is 18.3 Å². The van der Waals surface area contributed by atoms with E-state index in [9.17, 15) is 0 Å². The molecule has 0 atom stereocenters. The Morgan fingerprint density at radius 2 is 1.38 bits per heavy atom. The zero-order valence-electron chi connectivity index (χ0n) is 16.2. The normalized spacial score (nSPS) is 35.2. The van der Waals surface area contributed by atoms with E-state index in [1.807, 2.05) is 18.9 Å². The van der Waals surface area contributed by atoms with Gasteiger partial charge >= 0.3 is 0 Å². The lowest BCUT2D eigenvalue weighted by molar-refractivity contribution is -0.126. The fraction of sp³-hybridized carbons (Fsp3) is 1.00. The second-order valence-corrected chi connectivity index (χ2v) is 7.45. The smallest absolute Gasteiger partial charge is 0.0628 e. The Morgan fingerprint density at radius 1 is 0.833 bits per heavy atom. The molecule has 3 rings (SSSR count). The van der Waals surface area contributed by atoms with Crippen molar-refractivity contribution in [1.82, 2.24) is 9.91 Å². The van der Waals surface area contributed by atoms with E-state index in [1.165, 1.54) is 38.5 Å². The molecule has 0 radical (unpaired) electrons. The molecule has 0 amide bonds. The molecule has 3 fully saturated rings. The van der Waals surface area contributed by atoms with Gasteiger partial charge in [-0.15, -0.1) is 0 Å². The van der Waals surface area contributed by atoms with Crippen molar-refractivity contribution in [1.29, 1.82) is 0 Å². The molecule has 142 valence electrons. The predicted molar refractivity (Wildman–Crippen MR) is 98.8 cm³/mol. The number of hydrogen-bond donors (Lipinski definition) is 1. The Balaban J connectivity index is 0.00000100. The van der Waals surface area contributed by atoms with Crippen molar-refractivity contribution in [2.24, 2.45) is 5.84 Å². The molecule has 1 aliphatic heterocycles. The molecule has 0 aromatic carbocycles. The van der Waals surface area contributed by atoms with Gasteiger partial charge in [0.05, 0.1) is 18.3 Å². The van der Waals surface area contributed by atoms with Gasteiger partial charge in [-0.3, -0.25) is 5.84 Å². The summed E-state index contributed by atoms with van der Waals surface area (Å²) in [7, 11) is 4.12. The lowest BCUT2D eigenvalue weighted by Gasteiger charge is -2.43. The summed E-state index contributed by atoms with van der Waals surface area (Å²) < 4.78 is 11.6. The van der Waals surface area contributed by atoms with Crippen molar-refractivity contribution >= 4 is 0 Å². The minimum atomic E-state index is 0.445. The van der Waals surface area contributed by atoms with Crippen molar-refractivity contribution in [2.75, 3.05) is 27.2 Å². The second kappa shape index (κ2) is 10.1. The summed E-state index contributed by atoms with van der Waals surface area (Å²) in [5.74, 6) is 5.87. The van der Waals surface area contributed by atoms with E-state index in [2.05, 4.69) is 11.9 Å². The third kappa shape index (κ3) is 5.40. The van der Waals surface area contributed by atoms with Crippen LogP contribution in [0.25, 0.3) is 0 Å². The topological polar surface area (TPSA) is 51.0 Å². The van der Waals surface area contributed by atoms with Crippen LogP contribution in [0.4, 0.5) is 0 Å². The molecule has 0 spiro atoms.